The zero-order valence-electron chi connectivity index (χ0n) is 9.69. The summed E-state index contributed by atoms with van der Waals surface area (Å²) in [7, 11) is 0. The van der Waals surface area contributed by atoms with E-state index in [0.29, 0.717) is 24.7 Å². The van der Waals surface area contributed by atoms with Gasteiger partial charge in [-0.25, -0.2) is 4.79 Å². The summed E-state index contributed by atoms with van der Waals surface area (Å²) in [6.07, 6.45) is 3.38. The second kappa shape index (κ2) is 5.41. The summed E-state index contributed by atoms with van der Waals surface area (Å²) in [6.45, 7) is 0.939. The number of hydrogen-bond acceptors (Lipinski definition) is 3. The standard InChI is InChI=1S/C11H14ClN3O3/c12-2-4-15-3-1-7-5-18-6-8(10(13)16)9(7)14-11(15)17/h1,3,8H,2,4-6H2,(H2,13,16)(H,14,17). The lowest BCUT2D eigenvalue weighted by atomic mass is 9.98. The van der Waals surface area contributed by atoms with Crippen LogP contribution in [0.4, 0.5) is 4.79 Å². The maximum Gasteiger partial charge on any atom is 0.325 e. The number of ether oxygens (including phenoxy) is 1. The predicted octanol–water partition coefficient (Wildman–Crippen LogP) is 0.150. The molecule has 0 spiro atoms. The molecule has 6 nitrogen and oxygen atoms in total. The number of amides is 3. The van der Waals surface area contributed by atoms with Crippen molar-refractivity contribution in [2.75, 3.05) is 25.6 Å². The summed E-state index contributed by atoms with van der Waals surface area (Å²) < 4.78 is 5.29. The van der Waals surface area contributed by atoms with E-state index in [1.54, 1.807) is 12.3 Å². The number of alkyl halides is 1. The van der Waals surface area contributed by atoms with Crippen LogP contribution in [0.5, 0.6) is 0 Å². The Bertz CT molecular complexity index is 433. The molecule has 0 aromatic rings. The maximum absolute atomic E-state index is 11.9. The van der Waals surface area contributed by atoms with Crippen molar-refractivity contribution in [3.05, 3.63) is 23.5 Å². The molecule has 0 saturated carbocycles. The van der Waals surface area contributed by atoms with Crippen LogP contribution >= 0.6 is 11.6 Å². The molecule has 0 saturated heterocycles. The predicted molar refractivity (Wildman–Crippen MR) is 65.6 cm³/mol. The number of nitrogens with one attached hydrogen (secondary N) is 1. The van der Waals surface area contributed by atoms with Gasteiger partial charge >= 0.3 is 6.03 Å². The lowest BCUT2D eigenvalue weighted by Gasteiger charge is -2.25. The third-order valence-corrected chi connectivity index (χ3v) is 3.03. The number of rotatable bonds is 3. The first-order valence-electron chi connectivity index (χ1n) is 5.55. The van der Waals surface area contributed by atoms with Crippen LogP contribution in [-0.4, -0.2) is 42.5 Å². The lowest BCUT2D eigenvalue weighted by Crippen LogP contribution is -2.43. The average Bonchev–Trinajstić information content (AvgIpc) is 2.49. The van der Waals surface area contributed by atoms with Crippen LogP contribution < -0.4 is 11.1 Å². The molecule has 0 radical (unpaired) electrons. The van der Waals surface area contributed by atoms with E-state index in [0.717, 1.165) is 5.57 Å². The summed E-state index contributed by atoms with van der Waals surface area (Å²) in [5.41, 5.74) is 6.59. The first-order valence-corrected chi connectivity index (χ1v) is 6.09. The van der Waals surface area contributed by atoms with E-state index in [9.17, 15) is 9.59 Å². The number of urea groups is 1. The molecular formula is C11H14ClN3O3. The zero-order chi connectivity index (χ0) is 13.1. The number of nitrogens with zero attached hydrogens (tertiary/aromatic N) is 1. The second-order valence-corrected chi connectivity index (χ2v) is 4.42. The van der Waals surface area contributed by atoms with Gasteiger partial charge in [-0.3, -0.25) is 9.69 Å². The number of primary amides is 1. The van der Waals surface area contributed by atoms with Crippen LogP contribution in [-0.2, 0) is 9.53 Å². The van der Waals surface area contributed by atoms with Gasteiger partial charge in [0.25, 0.3) is 0 Å². The molecule has 2 heterocycles. The monoisotopic (exact) mass is 271 g/mol. The van der Waals surface area contributed by atoms with Crippen molar-refractivity contribution >= 4 is 23.5 Å². The average molecular weight is 272 g/mol. The summed E-state index contributed by atoms with van der Waals surface area (Å²) in [5.74, 6) is -0.793. The van der Waals surface area contributed by atoms with E-state index >= 15 is 0 Å². The van der Waals surface area contributed by atoms with E-state index in [1.165, 1.54) is 4.90 Å². The fourth-order valence-corrected chi connectivity index (χ4v) is 2.09. The molecule has 2 aliphatic rings. The van der Waals surface area contributed by atoms with Gasteiger partial charge in [0.1, 0.15) is 5.92 Å². The molecular weight excluding hydrogens is 258 g/mol. The molecule has 1 atom stereocenters. The fraction of sp³-hybridized carbons (Fsp3) is 0.455. The van der Waals surface area contributed by atoms with Crippen LogP contribution in [0.15, 0.2) is 23.5 Å². The van der Waals surface area contributed by atoms with Gasteiger partial charge in [0.05, 0.1) is 13.2 Å². The molecule has 0 fully saturated rings. The minimum atomic E-state index is -0.613. The smallest absolute Gasteiger partial charge is 0.325 e. The van der Waals surface area contributed by atoms with Crippen LogP contribution in [0.1, 0.15) is 0 Å². The van der Waals surface area contributed by atoms with Crippen LogP contribution in [0, 0.1) is 5.92 Å². The first-order chi connectivity index (χ1) is 8.63. The molecule has 0 aliphatic carbocycles. The Balaban J connectivity index is 2.26. The summed E-state index contributed by atoms with van der Waals surface area (Å²) in [6, 6.07) is -0.315. The van der Waals surface area contributed by atoms with Gasteiger partial charge in [-0.1, -0.05) is 0 Å². The SMILES string of the molecule is NC(=O)C1COCC2=C1NC(=O)N(CCCl)C=C2. The van der Waals surface area contributed by atoms with E-state index in [-0.39, 0.29) is 12.6 Å². The molecule has 2 aliphatic heterocycles. The highest BCUT2D eigenvalue weighted by molar-refractivity contribution is 6.18. The molecule has 3 amide bonds. The molecule has 0 bridgehead atoms. The Morgan fingerprint density at radius 1 is 1.67 bits per heavy atom. The molecule has 0 aromatic carbocycles. The largest absolute Gasteiger partial charge is 0.375 e. The quantitative estimate of drug-likeness (QED) is 0.717. The fourth-order valence-electron chi connectivity index (χ4n) is 1.90. The molecule has 0 aromatic heterocycles. The molecule has 3 N–H and O–H groups in total. The Hall–Kier alpha value is -1.53. The Morgan fingerprint density at radius 3 is 3.11 bits per heavy atom. The van der Waals surface area contributed by atoms with Crippen molar-refractivity contribution in [1.82, 2.24) is 10.2 Å². The molecule has 2 rings (SSSR count). The van der Waals surface area contributed by atoms with Gasteiger partial charge in [0.2, 0.25) is 5.91 Å². The zero-order valence-corrected chi connectivity index (χ0v) is 10.4. The van der Waals surface area contributed by atoms with E-state index < -0.39 is 11.8 Å². The van der Waals surface area contributed by atoms with E-state index in [1.807, 2.05) is 0 Å². The van der Waals surface area contributed by atoms with Gasteiger partial charge in [0, 0.05) is 24.3 Å². The number of nitrogens with two attached hydrogens (primary N) is 1. The minimum absolute atomic E-state index is 0.192. The number of hydrogen-bond donors (Lipinski definition) is 2. The molecule has 1 unspecified atom stereocenters. The number of carbonyl (C=O) groups is 2. The summed E-state index contributed by atoms with van der Waals surface area (Å²) in [5, 5.41) is 2.71. The molecule has 98 valence electrons. The Kier molecular flexibility index (Phi) is 3.88. The summed E-state index contributed by atoms with van der Waals surface area (Å²) >= 11 is 5.62. The number of carbonyl (C=O) groups excluding carboxylic acids is 2. The van der Waals surface area contributed by atoms with E-state index in [2.05, 4.69) is 5.32 Å². The number of halogens is 1. The van der Waals surface area contributed by atoms with Crippen LogP contribution in [0.2, 0.25) is 0 Å². The third-order valence-electron chi connectivity index (χ3n) is 2.86. The topological polar surface area (TPSA) is 84.7 Å². The second-order valence-electron chi connectivity index (χ2n) is 4.04. The highest BCUT2D eigenvalue weighted by atomic mass is 35.5. The van der Waals surface area contributed by atoms with Crippen molar-refractivity contribution in [2.24, 2.45) is 11.7 Å². The molecule has 7 heteroatoms. The van der Waals surface area contributed by atoms with Crippen molar-refractivity contribution < 1.29 is 14.3 Å². The lowest BCUT2D eigenvalue weighted by molar-refractivity contribution is -0.122. The van der Waals surface area contributed by atoms with Crippen LogP contribution in [0.25, 0.3) is 0 Å². The van der Waals surface area contributed by atoms with Crippen molar-refractivity contribution in [1.29, 1.82) is 0 Å². The van der Waals surface area contributed by atoms with Crippen molar-refractivity contribution in [3.63, 3.8) is 0 Å². The normalized spacial score (nSPS) is 23.5. The van der Waals surface area contributed by atoms with Gasteiger partial charge in [-0.05, 0) is 11.6 Å². The highest BCUT2D eigenvalue weighted by Gasteiger charge is 2.30. The highest BCUT2D eigenvalue weighted by Crippen LogP contribution is 2.22. The van der Waals surface area contributed by atoms with Gasteiger partial charge in [-0.2, -0.15) is 0 Å². The van der Waals surface area contributed by atoms with Gasteiger partial charge in [0.15, 0.2) is 0 Å². The Morgan fingerprint density at radius 2 is 2.44 bits per heavy atom. The van der Waals surface area contributed by atoms with Crippen molar-refractivity contribution in [2.45, 2.75) is 0 Å². The maximum atomic E-state index is 11.9. The van der Waals surface area contributed by atoms with Crippen LogP contribution in [0.3, 0.4) is 0 Å². The minimum Gasteiger partial charge on any atom is -0.375 e. The van der Waals surface area contributed by atoms with Gasteiger partial charge < -0.3 is 15.8 Å². The van der Waals surface area contributed by atoms with Crippen molar-refractivity contribution in [3.8, 4) is 0 Å². The summed E-state index contributed by atoms with van der Waals surface area (Å²) in [4.78, 5) is 24.7. The third kappa shape index (κ3) is 2.49. The molecule has 18 heavy (non-hydrogen) atoms. The first kappa shape index (κ1) is 12.9. The Labute approximate surface area is 109 Å². The van der Waals surface area contributed by atoms with Gasteiger partial charge in [-0.15, -0.1) is 11.6 Å². The van der Waals surface area contributed by atoms with E-state index in [4.69, 9.17) is 22.1 Å².